The van der Waals surface area contributed by atoms with Gasteiger partial charge in [-0.3, -0.25) is 4.79 Å². The number of sulfonamides is 1. The molecule has 10 heteroatoms. The van der Waals surface area contributed by atoms with E-state index in [0.29, 0.717) is 22.4 Å². The standard InChI is InChI=1S/C22H22Cl2N4O3S/c23-19-10-4-6-16(21(19)24)14-28-20(11-12-25-28)26-22(29)15-5-3-9-18(13-15)32(30,31)27-17-7-1-2-8-17/h3-6,9-13,17,27H,1-2,7-8,14H2,(H,26,29). The molecule has 0 spiro atoms. The lowest BCUT2D eigenvalue weighted by Crippen LogP contribution is -2.32. The fourth-order valence-electron chi connectivity index (χ4n) is 3.72. The highest BCUT2D eigenvalue weighted by Gasteiger charge is 2.23. The molecule has 1 heterocycles. The van der Waals surface area contributed by atoms with Crippen LogP contribution in [0.25, 0.3) is 0 Å². The number of benzene rings is 2. The van der Waals surface area contributed by atoms with Crippen LogP contribution in [0.2, 0.25) is 10.0 Å². The van der Waals surface area contributed by atoms with Crippen molar-refractivity contribution in [2.24, 2.45) is 0 Å². The van der Waals surface area contributed by atoms with Gasteiger partial charge in [0.1, 0.15) is 5.82 Å². The van der Waals surface area contributed by atoms with E-state index in [4.69, 9.17) is 23.2 Å². The monoisotopic (exact) mass is 492 g/mol. The summed E-state index contributed by atoms with van der Waals surface area (Å²) in [5.41, 5.74) is 0.984. The van der Waals surface area contributed by atoms with Gasteiger partial charge in [0.2, 0.25) is 10.0 Å². The lowest BCUT2D eigenvalue weighted by atomic mass is 10.2. The van der Waals surface area contributed by atoms with Gasteiger partial charge in [0.15, 0.2) is 0 Å². The van der Waals surface area contributed by atoms with Gasteiger partial charge in [-0.25, -0.2) is 17.8 Å². The van der Waals surface area contributed by atoms with Crippen LogP contribution in [0.15, 0.2) is 59.6 Å². The van der Waals surface area contributed by atoms with E-state index in [0.717, 1.165) is 31.2 Å². The fourth-order valence-corrected chi connectivity index (χ4v) is 5.45. The average Bonchev–Trinajstić information content (AvgIpc) is 3.43. The lowest BCUT2D eigenvalue weighted by molar-refractivity contribution is 0.102. The highest BCUT2D eigenvalue weighted by atomic mass is 35.5. The second-order valence-corrected chi connectivity index (χ2v) is 10.2. The molecule has 2 N–H and O–H groups in total. The summed E-state index contributed by atoms with van der Waals surface area (Å²) in [6.07, 6.45) is 5.26. The van der Waals surface area contributed by atoms with Gasteiger partial charge in [-0.15, -0.1) is 0 Å². The molecule has 4 rings (SSSR count). The summed E-state index contributed by atoms with van der Waals surface area (Å²) in [5, 5.41) is 7.88. The number of anilines is 1. The van der Waals surface area contributed by atoms with E-state index in [9.17, 15) is 13.2 Å². The van der Waals surface area contributed by atoms with E-state index >= 15 is 0 Å². The van der Waals surface area contributed by atoms with Crippen molar-refractivity contribution in [3.8, 4) is 0 Å². The number of nitrogens with zero attached hydrogens (tertiary/aromatic N) is 2. The molecular formula is C22H22Cl2N4O3S. The maximum Gasteiger partial charge on any atom is 0.256 e. The molecule has 0 saturated heterocycles. The number of amides is 1. The first kappa shape index (κ1) is 22.8. The average molecular weight is 493 g/mol. The Balaban J connectivity index is 1.50. The molecule has 7 nitrogen and oxygen atoms in total. The fraction of sp³-hybridized carbons (Fsp3) is 0.273. The van der Waals surface area contributed by atoms with Gasteiger partial charge in [-0.1, -0.05) is 54.2 Å². The maximum atomic E-state index is 12.8. The summed E-state index contributed by atoms with van der Waals surface area (Å²) in [4.78, 5) is 12.9. The first-order chi connectivity index (χ1) is 15.3. The van der Waals surface area contributed by atoms with Crippen molar-refractivity contribution < 1.29 is 13.2 Å². The third-order valence-electron chi connectivity index (χ3n) is 5.39. The summed E-state index contributed by atoms with van der Waals surface area (Å²) in [6.45, 7) is 0.307. The zero-order chi connectivity index (χ0) is 22.7. The van der Waals surface area contributed by atoms with Gasteiger partial charge in [0.05, 0.1) is 27.7 Å². The predicted molar refractivity (Wildman–Crippen MR) is 125 cm³/mol. The Morgan fingerprint density at radius 3 is 2.62 bits per heavy atom. The van der Waals surface area contributed by atoms with Crippen molar-refractivity contribution in [2.75, 3.05) is 5.32 Å². The van der Waals surface area contributed by atoms with E-state index in [1.165, 1.54) is 12.1 Å². The Labute approximate surface area is 196 Å². The normalized spacial score (nSPS) is 14.6. The number of halogens is 2. The van der Waals surface area contributed by atoms with E-state index in [2.05, 4.69) is 15.1 Å². The third kappa shape index (κ3) is 5.15. The van der Waals surface area contributed by atoms with Crippen molar-refractivity contribution in [1.29, 1.82) is 0 Å². The molecule has 32 heavy (non-hydrogen) atoms. The molecule has 1 saturated carbocycles. The number of hydrogen-bond acceptors (Lipinski definition) is 4. The van der Waals surface area contributed by atoms with E-state index in [1.807, 2.05) is 6.07 Å². The molecule has 168 valence electrons. The largest absolute Gasteiger partial charge is 0.307 e. The maximum absolute atomic E-state index is 12.8. The van der Waals surface area contributed by atoms with Crippen molar-refractivity contribution in [2.45, 2.75) is 43.2 Å². The van der Waals surface area contributed by atoms with Crippen molar-refractivity contribution in [3.63, 3.8) is 0 Å². The summed E-state index contributed by atoms with van der Waals surface area (Å²) in [6, 6.07) is 12.9. The Hall–Kier alpha value is -2.39. The third-order valence-corrected chi connectivity index (χ3v) is 7.77. The number of hydrogen-bond donors (Lipinski definition) is 2. The van der Waals surface area contributed by atoms with Crippen LogP contribution >= 0.6 is 23.2 Å². The minimum absolute atomic E-state index is 0.0508. The van der Waals surface area contributed by atoms with Crippen molar-refractivity contribution >= 4 is 45.0 Å². The summed E-state index contributed by atoms with van der Waals surface area (Å²) >= 11 is 12.3. The van der Waals surface area contributed by atoms with Crippen LogP contribution in [-0.2, 0) is 16.6 Å². The van der Waals surface area contributed by atoms with Crippen LogP contribution in [-0.4, -0.2) is 30.1 Å². The quantitative estimate of drug-likeness (QED) is 0.499. The van der Waals surface area contributed by atoms with Crippen LogP contribution in [0.4, 0.5) is 5.82 Å². The van der Waals surface area contributed by atoms with Gasteiger partial charge in [-0.05, 0) is 42.7 Å². The predicted octanol–water partition coefficient (Wildman–Crippen LogP) is 4.71. The number of nitrogens with one attached hydrogen (secondary N) is 2. The van der Waals surface area contributed by atoms with Crippen LogP contribution in [0.3, 0.4) is 0 Å². The van der Waals surface area contributed by atoms with Crippen LogP contribution in [0.1, 0.15) is 41.6 Å². The highest BCUT2D eigenvalue weighted by Crippen LogP contribution is 2.27. The molecule has 0 unspecified atom stereocenters. The molecule has 0 bridgehead atoms. The molecular weight excluding hydrogens is 471 g/mol. The van der Waals surface area contributed by atoms with Crippen LogP contribution < -0.4 is 10.0 Å². The smallest absolute Gasteiger partial charge is 0.256 e. The molecule has 1 aromatic heterocycles. The molecule has 0 radical (unpaired) electrons. The lowest BCUT2D eigenvalue weighted by Gasteiger charge is -2.14. The summed E-state index contributed by atoms with van der Waals surface area (Å²) < 4.78 is 29.7. The molecule has 0 atom stereocenters. The second-order valence-electron chi connectivity index (χ2n) is 7.67. The molecule has 0 aliphatic heterocycles. The van der Waals surface area contributed by atoms with Gasteiger partial charge in [0.25, 0.3) is 5.91 Å². The molecule has 1 aliphatic rings. The molecule has 1 aliphatic carbocycles. The van der Waals surface area contributed by atoms with E-state index in [1.54, 1.807) is 41.2 Å². The Bertz CT molecular complexity index is 1240. The SMILES string of the molecule is O=C(Nc1ccnn1Cc1cccc(Cl)c1Cl)c1cccc(S(=O)(=O)NC2CCCC2)c1. The zero-order valence-electron chi connectivity index (χ0n) is 17.1. The van der Waals surface area contributed by atoms with Crippen molar-refractivity contribution in [1.82, 2.24) is 14.5 Å². The van der Waals surface area contributed by atoms with Crippen LogP contribution in [0, 0.1) is 0 Å². The summed E-state index contributed by atoms with van der Waals surface area (Å²) in [7, 11) is -3.69. The van der Waals surface area contributed by atoms with Crippen LogP contribution in [0.5, 0.6) is 0 Å². The first-order valence-electron chi connectivity index (χ1n) is 10.2. The second kappa shape index (κ2) is 9.62. The van der Waals surface area contributed by atoms with E-state index in [-0.39, 0.29) is 16.5 Å². The Morgan fingerprint density at radius 1 is 1.09 bits per heavy atom. The summed E-state index contributed by atoms with van der Waals surface area (Å²) in [5.74, 6) is 0.00485. The highest BCUT2D eigenvalue weighted by molar-refractivity contribution is 7.89. The van der Waals surface area contributed by atoms with Gasteiger partial charge in [-0.2, -0.15) is 5.10 Å². The Morgan fingerprint density at radius 2 is 1.84 bits per heavy atom. The molecule has 2 aromatic carbocycles. The van der Waals surface area contributed by atoms with E-state index < -0.39 is 15.9 Å². The number of aromatic nitrogens is 2. The van der Waals surface area contributed by atoms with Gasteiger partial charge in [0, 0.05) is 17.7 Å². The molecule has 1 fully saturated rings. The minimum Gasteiger partial charge on any atom is -0.307 e. The number of carbonyl (C=O) groups is 1. The number of carbonyl (C=O) groups excluding carboxylic acids is 1. The first-order valence-corrected chi connectivity index (χ1v) is 12.5. The molecule has 1 amide bonds. The van der Waals surface area contributed by atoms with Crippen molar-refractivity contribution in [3.05, 3.63) is 75.9 Å². The zero-order valence-corrected chi connectivity index (χ0v) is 19.4. The van der Waals surface area contributed by atoms with Gasteiger partial charge >= 0.3 is 0 Å². The number of rotatable bonds is 7. The molecule has 3 aromatic rings. The topological polar surface area (TPSA) is 93.1 Å². The van der Waals surface area contributed by atoms with Gasteiger partial charge < -0.3 is 5.32 Å². The minimum atomic E-state index is -3.69. The Kier molecular flexibility index (Phi) is 6.85.